The largest absolute Gasteiger partial charge is 0.454 e. The first-order valence-corrected chi connectivity index (χ1v) is 27.2. The van der Waals surface area contributed by atoms with Gasteiger partial charge in [-0.05, 0) is 126 Å². The van der Waals surface area contributed by atoms with Crippen LogP contribution in [0.5, 0.6) is 0 Å². The lowest BCUT2D eigenvalue weighted by molar-refractivity contribution is 0.669. The van der Waals surface area contributed by atoms with Gasteiger partial charge in [0, 0.05) is 38.6 Å². The van der Waals surface area contributed by atoms with E-state index in [-0.39, 0.29) is 0 Å². The van der Waals surface area contributed by atoms with E-state index in [2.05, 4.69) is 266 Å². The third-order valence-corrected chi connectivity index (χ3v) is 18.5. The lowest BCUT2D eigenvalue weighted by atomic mass is 9.91. The summed E-state index contributed by atoms with van der Waals surface area (Å²) in [5, 5.41) is 12.5. The average molecular weight is 911 g/mol. The third-order valence-electron chi connectivity index (χ3n) is 14.9. The number of fused-ring (bicyclic) bond motifs is 6. The molecule has 0 amide bonds. The summed E-state index contributed by atoms with van der Waals surface area (Å²) in [6.07, 6.45) is 0. The Labute approximate surface area is 408 Å². The monoisotopic (exact) mass is 910 g/mol. The van der Waals surface area contributed by atoms with Crippen molar-refractivity contribution in [3.63, 3.8) is 0 Å². The number of para-hydroxylation sites is 3. The maximum atomic E-state index is 6.91. The van der Waals surface area contributed by atoms with Gasteiger partial charge < -0.3 is 14.2 Å². The maximum absolute atomic E-state index is 6.91. The molecule has 0 fully saturated rings. The predicted octanol–water partition coefficient (Wildman–Crippen LogP) is 17.6. The van der Waals surface area contributed by atoms with Crippen molar-refractivity contribution in [3.8, 4) is 33.4 Å². The molecule has 4 heteroatoms. The molecule has 3 nitrogen and oxygen atoms in total. The molecule has 0 atom stereocenters. The quantitative estimate of drug-likeness (QED) is 0.112. The van der Waals surface area contributed by atoms with E-state index in [0.717, 1.165) is 66.9 Å². The molecular weight excluding hydrogens is 865 g/mol. The highest BCUT2D eigenvalue weighted by atomic mass is 28.3. The first-order chi connectivity index (χ1) is 34.5. The molecule has 0 bridgehead atoms. The highest BCUT2D eigenvalue weighted by molar-refractivity contribution is 7.04. The molecule has 1 aromatic heterocycles. The van der Waals surface area contributed by atoms with E-state index >= 15 is 0 Å². The first-order valence-electron chi connectivity index (χ1n) is 24.2. The topological polar surface area (TPSA) is 19.6 Å². The zero-order valence-corrected chi connectivity index (χ0v) is 39.9. The molecular formula is C66H46N2OSi. The van der Waals surface area contributed by atoms with Crippen LogP contribution in [0.4, 0.5) is 34.1 Å². The molecule has 13 aromatic rings. The molecule has 0 radical (unpaired) electrons. The fraction of sp³-hybridized carbons (Fsp3) is 0.0303. The normalized spacial score (nSPS) is 12.8. The zero-order valence-electron chi connectivity index (χ0n) is 38.9. The molecule has 0 unspecified atom stereocenters. The van der Waals surface area contributed by atoms with Crippen LogP contribution >= 0.6 is 0 Å². The second-order valence-corrected chi connectivity index (χ2v) is 23.5. The van der Waals surface area contributed by atoms with Crippen LogP contribution in [-0.4, -0.2) is 8.07 Å². The number of anilines is 6. The molecule has 1 aliphatic heterocycles. The Morgan fingerprint density at radius 2 is 0.857 bits per heavy atom. The molecule has 14 rings (SSSR count). The Balaban J connectivity index is 1.05. The van der Waals surface area contributed by atoms with Crippen molar-refractivity contribution in [2.75, 3.05) is 9.80 Å². The van der Waals surface area contributed by atoms with Gasteiger partial charge in [0.15, 0.2) is 5.58 Å². The number of nitrogens with zero attached hydrogens (tertiary/aromatic N) is 2. The van der Waals surface area contributed by atoms with Gasteiger partial charge in [-0.2, -0.15) is 0 Å². The van der Waals surface area contributed by atoms with Crippen molar-refractivity contribution >= 4 is 107 Å². The van der Waals surface area contributed by atoms with Crippen molar-refractivity contribution < 1.29 is 4.42 Å². The van der Waals surface area contributed by atoms with E-state index in [1.54, 1.807) is 0 Å². The van der Waals surface area contributed by atoms with Crippen LogP contribution in [0.15, 0.2) is 247 Å². The Morgan fingerprint density at radius 1 is 0.343 bits per heavy atom. The van der Waals surface area contributed by atoms with Crippen LogP contribution in [0.3, 0.4) is 0 Å². The van der Waals surface area contributed by atoms with Crippen LogP contribution < -0.4 is 20.2 Å². The SMILES string of the molecule is C[Si]1(C)c2ccccc2-c2cccc(N(c3ccccc3)c3ccc4ccc5c(N(c6cc(-c7ccccc7)cc(-c7ccccc7)c6)c6cccc7c6oc6ccccc67)ccc6ccc3c4c65)c21. The Morgan fingerprint density at radius 3 is 1.53 bits per heavy atom. The predicted molar refractivity (Wildman–Crippen MR) is 300 cm³/mol. The van der Waals surface area contributed by atoms with Crippen molar-refractivity contribution in [1.82, 2.24) is 0 Å². The van der Waals surface area contributed by atoms with Crippen molar-refractivity contribution in [3.05, 3.63) is 243 Å². The van der Waals surface area contributed by atoms with E-state index in [1.165, 1.54) is 65.2 Å². The summed E-state index contributed by atoms with van der Waals surface area (Å²) in [5.41, 5.74) is 15.7. The van der Waals surface area contributed by atoms with Gasteiger partial charge in [-0.25, -0.2) is 0 Å². The maximum Gasteiger partial charge on any atom is 0.159 e. The van der Waals surface area contributed by atoms with Crippen molar-refractivity contribution in [1.29, 1.82) is 0 Å². The fourth-order valence-electron chi connectivity index (χ4n) is 11.8. The minimum Gasteiger partial charge on any atom is -0.454 e. The smallest absolute Gasteiger partial charge is 0.159 e. The van der Waals surface area contributed by atoms with Gasteiger partial charge in [0.05, 0.1) is 17.1 Å². The van der Waals surface area contributed by atoms with Crippen LogP contribution in [-0.2, 0) is 0 Å². The Kier molecular flexibility index (Phi) is 9.04. The molecule has 0 aliphatic carbocycles. The second kappa shape index (κ2) is 15.7. The van der Waals surface area contributed by atoms with E-state index < -0.39 is 8.07 Å². The standard InChI is InChI=1S/C66H46N2OSi/c1-70(2)62-31-15-13-25-52(62)54-27-17-29-60(66(54)70)67(49-22-10-5-11-23-49)57-38-34-45-33-37-56-58(39-35-46-32-36-55(57)63(45)64(46)56)68(59-28-16-26-53-51-24-12-14-30-61(51)69-65(53)59)50-41-47(43-18-6-3-7-19-43)40-48(42-50)44-20-8-4-9-21-44/h3-42H,1-2H3. The molecule has 0 N–H and O–H groups in total. The van der Waals surface area contributed by atoms with E-state index in [4.69, 9.17) is 4.42 Å². The third kappa shape index (κ3) is 6.13. The minimum atomic E-state index is -2.11. The average Bonchev–Trinajstić information content (AvgIpc) is 3.92. The summed E-state index contributed by atoms with van der Waals surface area (Å²) >= 11 is 0. The second-order valence-electron chi connectivity index (χ2n) is 19.2. The number of hydrogen-bond acceptors (Lipinski definition) is 3. The van der Waals surface area contributed by atoms with Crippen LogP contribution in [0.2, 0.25) is 13.1 Å². The summed E-state index contributed by atoms with van der Waals surface area (Å²) in [4.78, 5) is 4.99. The number of furan rings is 1. The summed E-state index contributed by atoms with van der Waals surface area (Å²) < 4.78 is 6.91. The van der Waals surface area contributed by atoms with Crippen LogP contribution in [0.1, 0.15) is 0 Å². The number of benzene rings is 12. The first kappa shape index (κ1) is 40.4. The molecule has 70 heavy (non-hydrogen) atoms. The Hall–Kier alpha value is -8.70. The zero-order chi connectivity index (χ0) is 46.5. The molecule has 330 valence electrons. The van der Waals surface area contributed by atoms with Crippen molar-refractivity contribution in [2.45, 2.75) is 13.1 Å². The Bertz CT molecular complexity index is 4100. The van der Waals surface area contributed by atoms with Gasteiger partial charge in [0.1, 0.15) is 13.7 Å². The molecule has 1 aliphatic rings. The van der Waals surface area contributed by atoms with Gasteiger partial charge in [-0.1, -0.05) is 195 Å². The van der Waals surface area contributed by atoms with Gasteiger partial charge in [0.2, 0.25) is 0 Å². The minimum absolute atomic E-state index is 0.852. The van der Waals surface area contributed by atoms with Gasteiger partial charge >= 0.3 is 0 Å². The van der Waals surface area contributed by atoms with E-state index in [1.807, 2.05) is 0 Å². The molecule has 0 saturated heterocycles. The van der Waals surface area contributed by atoms with Gasteiger partial charge in [-0.3, -0.25) is 0 Å². The number of hydrogen-bond donors (Lipinski definition) is 0. The molecule has 0 spiro atoms. The van der Waals surface area contributed by atoms with E-state index in [0.29, 0.717) is 0 Å². The van der Waals surface area contributed by atoms with E-state index in [9.17, 15) is 0 Å². The summed E-state index contributed by atoms with van der Waals surface area (Å²) in [6, 6.07) is 89.1. The highest BCUT2D eigenvalue weighted by Crippen LogP contribution is 2.50. The molecule has 12 aromatic carbocycles. The van der Waals surface area contributed by atoms with Gasteiger partial charge in [0.25, 0.3) is 0 Å². The summed E-state index contributed by atoms with van der Waals surface area (Å²) in [5.74, 6) is 0. The van der Waals surface area contributed by atoms with Crippen molar-refractivity contribution in [2.24, 2.45) is 0 Å². The molecule has 0 saturated carbocycles. The lowest BCUT2D eigenvalue weighted by Gasteiger charge is -2.32. The lowest BCUT2D eigenvalue weighted by Crippen LogP contribution is -2.50. The van der Waals surface area contributed by atoms with Crippen LogP contribution in [0.25, 0.3) is 87.6 Å². The van der Waals surface area contributed by atoms with Crippen LogP contribution in [0, 0.1) is 0 Å². The highest BCUT2D eigenvalue weighted by Gasteiger charge is 2.40. The summed E-state index contributed by atoms with van der Waals surface area (Å²) in [7, 11) is -2.11. The van der Waals surface area contributed by atoms with Gasteiger partial charge in [-0.15, -0.1) is 0 Å². The molecule has 2 heterocycles. The fourth-order valence-corrected chi connectivity index (χ4v) is 15.2. The number of rotatable bonds is 8. The summed E-state index contributed by atoms with van der Waals surface area (Å²) in [6.45, 7) is 5.04.